The first-order chi connectivity index (χ1) is 18.3. The van der Waals surface area contributed by atoms with E-state index in [4.69, 9.17) is 11.6 Å². The molecule has 0 radical (unpaired) electrons. The molecule has 2 amide bonds. The predicted octanol–water partition coefficient (Wildman–Crippen LogP) is 4.01. The van der Waals surface area contributed by atoms with Gasteiger partial charge in [-0.3, -0.25) is 19.0 Å². The van der Waals surface area contributed by atoms with Crippen LogP contribution in [0.5, 0.6) is 0 Å². The van der Waals surface area contributed by atoms with Crippen LogP contribution < -0.4 is 10.9 Å². The summed E-state index contributed by atoms with van der Waals surface area (Å²) in [5.41, 5.74) is -1.77. The Morgan fingerprint density at radius 3 is 2.23 bits per heavy atom. The van der Waals surface area contributed by atoms with Gasteiger partial charge in [0.2, 0.25) is 5.91 Å². The lowest BCUT2D eigenvalue weighted by Gasteiger charge is -2.42. The molecule has 4 rings (SSSR count). The summed E-state index contributed by atoms with van der Waals surface area (Å²) >= 11 is 5.87. The molecule has 1 aliphatic rings. The highest BCUT2D eigenvalue weighted by Gasteiger charge is 2.41. The van der Waals surface area contributed by atoms with Crippen LogP contribution in [0.4, 0.5) is 4.39 Å². The Bertz CT molecular complexity index is 1500. The van der Waals surface area contributed by atoms with Crippen molar-refractivity contribution in [2.24, 2.45) is 0 Å². The van der Waals surface area contributed by atoms with Crippen LogP contribution in [0, 0.1) is 0 Å². The number of likely N-dealkylation sites (tertiary alicyclic amines) is 1. The molecule has 1 fully saturated rings. The molecule has 0 aliphatic carbocycles. The molecule has 3 aromatic rings. The zero-order valence-electron chi connectivity index (χ0n) is 22.9. The number of halogens is 2. The van der Waals surface area contributed by atoms with Crippen LogP contribution in [-0.2, 0) is 27.7 Å². The van der Waals surface area contributed by atoms with Crippen LogP contribution >= 0.6 is 11.6 Å². The molecule has 1 aliphatic heterocycles. The summed E-state index contributed by atoms with van der Waals surface area (Å²) in [4.78, 5) is 44.1. The number of hydrogen-bond donors (Lipinski definition) is 1. The van der Waals surface area contributed by atoms with Gasteiger partial charge in [0.25, 0.3) is 11.5 Å². The van der Waals surface area contributed by atoms with E-state index >= 15 is 0 Å². The monoisotopic (exact) mass is 580 g/mol. The van der Waals surface area contributed by atoms with E-state index in [1.165, 1.54) is 24.0 Å². The van der Waals surface area contributed by atoms with E-state index in [-0.39, 0.29) is 41.1 Å². The minimum atomic E-state index is -3.62. The largest absolute Gasteiger partial charge is 0.348 e. The van der Waals surface area contributed by atoms with Crippen LogP contribution in [0.3, 0.4) is 0 Å². The first-order valence-corrected chi connectivity index (χ1v) is 14.8. The van der Waals surface area contributed by atoms with Crippen molar-refractivity contribution >= 4 is 44.3 Å². The third-order valence-electron chi connectivity index (χ3n) is 5.63. The van der Waals surface area contributed by atoms with Gasteiger partial charge >= 0.3 is 0 Å². The van der Waals surface area contributed by atoms with Gasteiger partial charge in [-0.2, -0.15) is 0 Å². The number of sulfone groups is 1. The number of rotatable bonds is 6. The normalized spacial score (nSPS) is 13.8. The van der Waals surface area contributed by atoms with E-state index in [1.54, 1.807) is 24.3 Å². The Labute approximate surface area is 232 Å². The van der Waals surface area contributed by atoms with Gasteiger partial charge in [-0.15, -0.1) is 0 Å². The molecule has 1 saturated heterocycles. The number of amides is 2. The maximum atomic E-state index is 13.9. The van der Waals surface area contributed by atoms with Crippen molar-refractivity contribution in [1.29, 1.82) is 0 Å². The molecule has 0 atom stereocenters. The molecule has 12 heteroatoms. The lowest BCUT2D eigenvalue weighted by atomic mass is 9.99. The lowest BCUT2D eigenvalue weighted by molar-refractivity contribution is -0.144. The van der Waals surface area contributed by atoms with Crippen LogP contribution in [-0.4, -0.2) is 59.7 Å². The number of pyridine rings is 2. The maximum Gasteiger partial charge on any atom is 0.265 e. The van der Waals surface area contributed by atoms with Gasteiger partial charge in [0, 0.05) is 29.4 Å². The molecule has 3 heterocycles. The molecule has 39 heavy (non-hydrogen) atoms. The highest BCUT2D eigenvalue weighted by atomic mass is 35.5. The minimum absolute atomic E-state index is 0.0357. The number of benzene rings is 1. The third-order valence-corrected chi connectivity index (χ3v) is 6.96. The number of nitrogens with zero attached hydrogens (tertiary/aromatic N) is 3. The van der Waals surface area contributed by atoms with Crippen molar-refractivity contribution < 1.29 is 22.4 Å². The number of hydrogen-bond acceptors (Lipinski definition) is 6. The first kappa shape index (κ1) is 31.9. The second kappa shape index (κ2) is 13.2. The number of carbonyl (C=O) groups is 2. The highest BCUT2D eigenvalue weighted by molar-refractivity contribution is 7.90. The molecular weight excluding hydrogens is 547 g/mol. The molecule has 0 bridgehead atoms. The lowest BCUT2D eigenvalue weighted by Crippen LogP contribution is -2.60. The van der Waals surface area contributed by atoms with Gasteiger partial charge in [0.05, 0.1) is 18.0 Å². The van der Waals surface area contributed by atoms with E-state index in [0.717, 1.165) is 22.6 Å². The van der Waals surface area contributed by atoms with Gasteiger partial charge in [-0.05, 0) is 36.8 Å². The quantitative estimate of drug-likeness (QED) is 0.471. The smallest absolute Gasteiger partial charge is 0.265 e. The summed E-state index contributed by atoms with van der Waals surface area (Å²) in [6.07, 6.45) is 2.09. The van der Waals surface area contributed by atoms with Crippen LogP contribution in [0.2, 0.25) is 5.02 Å². The van der Waals surface area contributed by atoms with Crippen LogP contribution in [0.15, 0.2) is 52.3 Å². The summed E-state index contributed by atoms with van der Waals surface area (Å²) in [7, 11) is -3.62. The average molecular weight is 581 g/mol. The summed E-state index contributed by atoms with van der Waals surface area (Å²) in [5.74, 6) is -1.23. The molecule has 2 aromatic heterocycles. The summed E-state index contributed by atoms with van der Waals surface area (Å²) in [6, 6.07) is 9.29. The molecule has 0 saturated carbocycles. The average Bonchev–Trinajstić information content (AvgIpc) is 2.89. The van der Waals surface area contributed by atoms with Crippen LogP contribution in [0.1, 0.15) is 50.5 Å². The number of aromatic nitrogens is 2. The second-order valence-electron chi connectivity index (χ2n) is 8.78. The van der Waals surface area contributed by atoms with Crippen molar-refractivity contribution in [3.05, 3.63) is 69.1 Å². The molecular formula is C27H34ClFN4O5S. The molecule has 1 aromatic carbocycles. The Hall–Kier alpha value is -3.31. The summed E-state index contributed by atoms with van der Waals surface area (Å²) in [5, 5.41) is 3.37. The van der Waals surface area contributed by atoms with Crippen molar-refractivity contribution in [2.75, 3.05) is 19.3 Å². The molecule has 9 nitrogen and oxygen atoms in total. The van der Waals surface area contributed by atoms with Gasteiger partial charge in [0.15, 0.2) is 9.84 Å². The van der Waals surface area contributed by atoms with E-state index in [0.29, 0.717) is 5.02 Å². The third kappa shape index (κ3) is 7.86. The van der Waals surface area contributed by atoms with Gasteiger partial charge in [-0.25, -0.2) is 17.8 Å². The number of alkyl halides is 1. The SMILES string of the molecule is CC.CC.CC1(F)CN(C(=O)Cn2c(=O)c(C(=O)NCc3ccc(Cl)cc3)cc3cc(S(C)(=O)=O)cnc32)C1. The van der Waals surface area contributed by atoms with Crippen molar-refractivity contribution in [1.82, 2.24) is 19.8 Å². The van der Waals surface area contributed by atoms with E-state index in [2.05, 4.69) is 10.3 Å². The summed E-state index contributed by atoms with van der Waals surface area (Å²) < 4.78 is 38.9. The molecule has 0 spiro atoms. The first-order valence-electron chi connectivity index (χ1n) is 12.6. The number of carbonyl (C=O) groups excluding carboxylic acids is 2. The van der Waals surface area contributed by atoms with Gasteiger partial charge in [0.1, 0.15) is 23.4 Å². The Morgan fingerprint density at radius 1 is 1.10 bits per heavy atom. The minimum Gasteiger partial charge on any atom is -0.348 e. The van der Waals surface area contributed by atoms with E-state index < -0.39 is 39.4 Å². The zero-order valence-corrected chi connectivity index (χ0v) is 24.5. The van der Waals surface area contributed by atoms with E-state index in [1.807, 2.05) is 27.7 Å². The molecule has 212 valence electrons. The second-order valence-corrected chi connectivity index (χ2v) is 11.2. The van der Waals surface area contributed by atoms with Gasteiger partial charge in [-0.1, -0.05) is 51.4 Å². The Kier molecular flexibility index (Phi) is 10.8. The number of fused-ring (bicyclic) bond motifs is 1. The maximum absolute atomic E-state index is 13.9. The molecule has 0 unspecified atom stereocenters. The van der Waals surface area contributed by atoms with Crippen molar-refractivity contribution in [3.8, 4) is 0 Å². The Morgan fingerprint density at radius 2 is 1.69 bits per heavy atom. The predicted molar refractivity (Wildman–Crippen MR) is 151 cm³/mol. The van der Waals surface area contributed by atoms with Crippen molar-refractivity contribution in [2.45, 2.75) is 58.3 Å². The fraction of sp³-hybridized carbons (Fsp3) is 0.407. The van der Waals surface area contributed by atoms with Crippen molar-refractivity contribution in [3.63, 3.8) is 0 Å². The standard InChI is InChI=1S/C23H22ClFN4O5S.2C2H6/c1-23(25)12-28(13-23)19(30)11-29-20-15(7-17(10-26-20)35(2,33)34)8-18(22(29)32)21(31)27-9-14-3-5-16(24)6-4-14;2*1-2/h3-8,10H,9,11-13H2,1-2H3,(H,27,31);2*1-2H3. The topological polar surface area (TPSA) is 118 Å². The van der Waals surface area contributed by atoms with Crippen LogP contribution in [0.25, 0.3) is 11.0 Å². The Balaban J connectivity index is 0.00000127. The number of nitrogens with one attached hydrogen (secondary N) is 1. The zero-order chi connectivity index (χ0) is 29.5. The fourth-order valence-electron chi connectivity index (χ4n) is 3.80. The van der Waals surface area contributed by atoms with Gasteiger partial charge < -0.3 is 10.2 Å². The highest BCUT2D eigenvalue weighted by Crippen LogP contribution is 2.25. The summed E-state index contributed by atoms with van der Waals surface area (Å²) in [6.45, 7) is 8.79. The molecule has 1 N–H and O–H groups in total. The fourth-order valence-corrected chi connectivity index (χ4v) is 4.51. The van der Waals surface area contributed by atoms with E-state index in [9.17, 15) is 27.2 Å².